The third-order valence-electron chi connectivity index (χ3n) is 4.43. The number of carbonyl (C=O) groups is 1. The van der Waals surface area contributed by atoms with Gasteiger partial charge in [0.2, 0.25) is 0 Å². The molecule has 0 unspecified atom stereocenters. The van der Waals surface area contributed by atoms with Gasteiger partial charge in [0.25, 0.3) is 0 Å². The quantitative estimate of drug-likeness (QED) is 0.919. The molecule has 0 radical (unpaired) electrons. The Hall–Kier alpha value is -1.75. The topological polar surface area (TPSA) is 50.8 Å². The monoisotopic (exact) mass is 290 g/mol. The number of ether oxygens (including phenoxy) is 2. The second kappa shape index (κ2) is 5.93. The zero-order valence-electron chi connectivity index (χ0n) is 12.4. The molecule has 1 saturated heterocycles. The van der Waals surface area contributed by atoms with Crippen molar-refractivity contribution in [2.24, 2.45) is 0 Å². The first-order valence-electron chi connectivity index (χ1n) is 7.49. The third-order valence-corrected chi connectivity index (χ3v) is 4.43. The zero-order valence-corrected chi connectivity index (χ0v) is 12.4. The van der Waals surface area contributed by atoms with E-state index in [0.29, 0.717) is 32.8 Å². The van der Waals surface area contributed by atoms with Gasteiger partial charge in [0.05, 0.1) is 20.3 Å². The molecule has 2 amide bonds. The minimum Gasteiger partial charge on any atom is -0.497 e. The fourth-order valence-corrected chi connectivity index (χ4v) is 2.79. The van der Waals surface area contributed by atoms with Crippen molar-refractivity contribution in [2.45, 2.75) is 18.3 Å². The summed E-state index contributed by atoms with van der Waals surface area (Å²) in [6, 6.07) is 8.20. The SMILES string of the molecule is COc1ccc(C2(CNC(=O)N3CCOCC3)CC2)cc1. The third kappa shape index (κ3) is 3.13. The van der Waals surface area contributed by atoms with Crippen LogP contribution in [0.2, 0.25) is 0 Å². The highest BCUT2D eigenvalue weighted by atomic mass is 16.5. The normalized spacial score (nSPS) is 20.0. The minimum atomic E-state index is 0.0260. The number of morpholine rings is 1. The molecular weight excluding hydrogens is 268 g/mol. The van der Waals surface area contributed by atoms with Gasteiger partial charge < -0.3 is 19.7 Å². The second-order valence-electron chi connectivity index (χ2n) is 5.77. The molecule has 114 valence electrons. The van der Waals surface area contributed by atoms with Crippen LogP contribution in [-0.4, -0.2) is 50.9 Å². The van der Waals surface area contributed by atoms with Gasteiger partial charge in [0.15, 0.2) is 0 Å². The Balaban J connectivity index is 1.57. The maximum absolute atomic E-state index is 12.1. The van der Waals surface area contributed by atoms with Crippen molar-refractivity contribution < 1.29 is 14.3 Å². The van der Waals surface area contributed by atoms with Crippen LogP contribution < -0.4 is 10.1 Å². The van der Waals surface area contributed by atoms with Crippen molar-refractivity contribution in [3.63, 3.8) is 0 Å². The van der Waals surface area contributed by atoms with E-state index in [9.17, 15) is 4.79 Å². The number of rotatable bonds is 4. The highest BCUT2D eigenvalue weighted by Gasteiger charge is 2.44. The van der Waals surface area contributed by atoms with Crippen LogP contribution in [0.5, 0.6) is 5.75 Å². The van der Waals surface area contributed by atoms with Crippen molar-refractivity contribution in [1.82, 2.24) is 10.2 Å². The number of methoxy groups -OCH3 is 1. The van der Waals surface area contributed by atoms with Crippen LogP contribution in [0.1, 0.15) is 18.4 Å². The maximum atomic E-state index is 12.1. The Morgan fingerprint density at radius 2 is 1.95 bits per heavy atom. The Morgan fingerprint density at radius 1 is 1.29 bits per heavy atom. The fraction of sp³-hybridized carbons (Fsp3) is 0.562. The predicted molar refractivity (Wildman–Crippen MR) is 79.7 cm³/mol. The van der Waals surface area contributed by atoms with Crippen LogP contribution in [-0.2, 0) is 10.2 Å². The number of hydrogen-bond acceptors (Lipinski definition) is 3. The van der Waals surface area contributed by atoms with Crippen molar-refractivity contribution in [3.05, 3.63) is 29.8 Å². The van der Waals surface area contributed by atoms with Crippen molar-refractivity contribution in [1.29, 1.82) is 0 Å². The lowest BCUT2D eigenvalue weighted by Crippen LogP contribution is -2.47. The molecule has 0 spiro atoms. The molecule has 21 heavy (non-hydrogen) atoms. The lowest BCUT2D eigenvalue weighted by Gasteiger charge is -2.28. The van der Waals surface area contributed by atoms with E-state index >= 15 is 0 Å². The van der Waals surface area contributed by atoms with Gasteiger partial charge in [-0.05, 0) is 30.5 Å². The van der Waals surface area contributed by atoms with Crippen LogP contribution in [0.3, 0.4) is 0 Å². The second-order valence-corrected chi connectivity index (χ2v) is 5.77. The van der Waals surface area contributed by atoms with Gasteiger partial charge in [0, 0.05) is 25.0 Å². The van der Waals surface area contributed by atoms with E-state index in [4.69, 9.17) is 9.47 Å². The molecule has 3 rings (SSSR count). The Bertz CT molecular complexity index is 491. The molecule has 0 atom stereocenters. The van der Waals surface area contributed by atoms with E-state index < -0.39 is 0 Å². The first-order chi connectivity index (χ1) is 10.2. The lowest BCUT2D eigenvalue weighted by atomic mass is 9.96. The highest BCUT2D eigenvalue weighted by molar-refractivity contribution is 5.74. The Labute approximate surface area is 125 Å². The molecule has 0 aromatic heterocycles. The summed E-state index contributed by atoms with van der Waals surface area (Å²) in [5, 5.41) is 3.08. The van der Waals surface area contributed by atoms with Crippen molar-refractivity contribution in [3.8, 4) is 5.75 Å². The van der Waals surface area contributed by atoms with Crippen LogP contribution in [0.15, 0.2) is 24.3 Å². The Morgan fingerprint density at radius 3 is 2.52 bits per heavy atom. The lowest BCUT2D eigenvalue weighted by molar-refractivity contribution is 0.0531. The summed E-state index contributed by atoms with van der Waals surface area (Å²) >= 11 is 0. The molecule has 5 heteroatoms. The predicted octanol–water partition coefficient (Wildman–Crippen LogP) is 1.77. The summed E-state index contributed by atoms with van der Waals surface area (Å²) in [6.07, 6.45) is 2.26. The maximum Gasteiger partial charge on any atom is 0.317 e. The fourth-order valence-electron chi connectivity index (χ4n) is 2.79. The smallest absolute Gasteiger partial charge is 0.317 e. The summed E-state index contributed by atoms with van der Waals surface area (Å²) in [5.41, 5.74) is 1.40. The number of nitrogens with one attached hydrogen (secondary N) is 1. The Kier molecular flexibility index (Phi) is 4.01. The molecule has 0 bridgehead atoms. The standard InChI is InChI=1S/C16H22N2O3/c1-20-14-4-2-13(3-5-14)16(6-7-16)12-17-15(19)18-8-10-21-11-9-18/h2-5H,6-12H2,1H3,(H,17,19). The number of urea groups is 1. The van der Waals surface area contributed by atoms with E-state index in [1.165, 1.54) is 5.56 Å². The summed E-state index contributed by atoms with van der Waals surface area (Å²) in [4.78, 5) is 14.0. The van der Waals surface area contributed by atoms with Crippen LogP contribution in [0.4, 0.5) is 4.79 Å². The van der Waals surface area contributed by atoms with Crippen LogP contribution >= 0.6 is 0 Å². The number of hydrogen-bond donors (Lipinski definition) is 1. The molecule has 1 aromatic rings. The van der Waals surface area contributed by atoms with Gasteiger partial charge in [-0.15, -0.1) is 0 Å². The summed E-state index contributed by atoms with van der Waals surface area (Å²) in [7, 11) is 1.67. The highest BCUT2D eigenvalue weighted by Crippen LogP contribution is 2.47. The average Bonchev–Trinajstić information content (AvgIpc) is 3.35. The van der Waals surface area contributed by atoms with Crippen molar-refractivity contribution in [2.75, 3.05) is 40.0 Å². The summed E-state index contributed by atoms with van der Waals surface area (Å²) < 4.78 is 10.5. The van der Waals surface area contributed by atoms with Gasteiger partial charge in [-0.2, -0.15) is 0 Å². The van der Waals surface area contributed by atoms with E-state index in [-0.39, 0.29) is 11.4 Å². The first kappa shape index (κ1) is 14.2. The van der Waals surface area contributed by atoms with E-state index in [1.807, 2.05) is 17.0 Å². The molecule has 1 N–H and O–H groups in total. The van der Waals surface area contributed by atoms with Gasteiger partial charge in [0.1, 0.15) is 5.75 Å². The van der Waals surface area contributed by atoms with Gasteiger partial charge in [-0.3, -0.25) is 0 Å². The number of amides is 2. The molecule has 2 fully saturated rings. The average molecular weight is 290 g/mol. The van der Waals surface area contributed by atoms with Crippen LogP contribution in [0, 0.1) is 0 Å². The minimum absolute atomic E-state index is 0.0260. The van der Waals surface area contributed by atoms with Crippen molar-refractivity contribution >= 4 is 6.03 Å². The summed E-state index contributed by atoms with van der Waals surface area (Å²) in [6.45, 7) is 3.34. The molecule has 5 nitrogen and oxygen atoms in total. The van der Waals surface area contributed by atoms with Gasteiger partial charge in [-0.1, -0.05) is 12.1 Å². The van der Waals surface area contributed by atoms with E-state index in [2.05, 4.69) is 17.4 Å². The van der Waals surface area contributed by atoms with E-state index in [0.717, 1.165) is 18.6 Å². The molecule has 1 saturated carbocycles. The van der Waals surface area contributed by atoms with Gasteiger partial charge >= 0.3 is 6.03 Å². The molecule has 1 aliphatic heterocycles. The summed E-state index contributed by atoms with van der Waals surface area (Å²) in [5.74, 6) is 0.868. The zero-order chi connectivity index (χ0) is 14.7. The molecule has 1 aliphatic carbocycles. The molecular formula is C16H22N2O3. The molecule has 1 heterocycles. The first-order valence-corrected chi connectivity index (χ1v) is 7.49. The number of nitrogens with zero attached hydrogens (tertiary/aromatic N) is 1. The van der Waals surface area contributed by atoms with Crippen LogP contribution in [0.25, 0.3) is 0 Å². The molecule has 2 aliphatic rings. The molecule has 1 aromatic carbocycles. The van der Waals surface area contributed by atoms with E-state index in [1.54, 1.807) is 7.11 Å². The number of carbonyl (C=O) groups excluding carboxylic acids is 1. The largest absolute Gasteiger partial charge is 0.497 e. The number of benzene rings is 1. The van der Waals surface area contributed by atoms with Gasteiger partial charge in [-0.25, -0.2) is 4.79 Å².